The van der Waals surface area contributed by atoms with Gasteiger partial charge >= 0.3 is 0 Å². The van der Waals surface area contributed by atoms with Crippen LogP contribution in [0.1, 0.15) is 101 Å². The van der Waals surface area contributed by atoms with E-state index in [-0.39, 0.29) is 0 Å². The molecule has 3 nitrogen and oxygen atoms in total. The number of piperidine rings is 1. The molecule has 3 rings (SSSR count). The average molecular weight is 552 g/mol. The molecule has 0 spiro atoms. The molecule has 1 aromatic carbocycles. The first-order valence-electron chi connectivity index (χ1n) is 15.5. The van der Waals surface area contributed by atoms with Gasteiger partial charge in [-0.2, -0.15) is 0 Å². The monoisotopic (exact) mass is 551 g/mol. The lowest BCUT2D eigenvalue weighted by atomic mass is 9.82. The Morgan fingerprint density at radius 1 is 1.10 bits per heavy atom. The van der Waals surface area contributed by atoms with Crippen LogP contribution >= 0.6 is 0 Å². The van der Waals surface area contributed by atoms with Crippen molar-refractivity contribution in [1.82, 2.24) is 10.2 Å². The van der Waals surface area contributed by atoms with Crippen LogP contribution in [0.15, 0.2) is 90.1 Å². The molecule has 1 saturated carbocycles. The molecule has 1 aliphatic carbocycles. The first kappa shape index (κ1) is 32.1. The van der Waals surface area contributed by atoms with Gasteiger partial charge in [-0.3, -0.25) is 0 Å². The van der Waals surface area contributed by atoms with E-state index < -0.39 is 0 Å². The molecule has 0 radical (unpaired) electrons. The van der Waals surface area contributed by atoms with Crippen molar-refractivity contribution >= 4 is 17.7 Å². The van der Waals surface area contributed by atoms with E-state index in [0.717, 1.165) is 58.5 Å². The van der Waals surface area contributed by atoms with Crippen LogP contribution in [0.4, 0.5) is 0 Å². The molecule has 0 aromatic heterocycles. The Bertz CT molecular complexity index is 1260. The summed E-state index contributed by atoms with van der Waals surface area (Å²) in [5.41, 5.74) is 18.8. The highest BCUT2D eigenvalue weighted by Crippen LogP contribution is 2.36. The maximum atomic E-state index is 6.21. The van der Waals surface area contributed by atoms with Crippen molar-refractivity contribution in [3.05, 3.63) is 112 Å². The van der Waals surface area contributed by atoms with E-state index in [1.165, 1.54) is 56.3 Å². The number of allylic oxidation sites excluding steroid dienone is 9. The fraction of sp³-hybridized carbons (Fsp3) is 0.421. The number of nitrogens with zero attached hydrogens (tertiary/aromatic N) is 1. The van der Waals surface area contributed by atoms with Crippen LogP contribution < -0.4 is 11.1 Å². The van der Waals surface area contributed by atoms with Crippen molar-refractivity contribution in [2.45, 2.75) is 86.0 Å². The first-order chi connectivity index (χ1) is 19.7. The second-order valence-electron chi connectivity index (χ2n) is 11.6. The van der Waals surface area contributed by atoms with E-state index in [1.807, 2.05) is 19.9 Å². The highest BCUT2D eigenvalue weighted by atomic mass is 15.1. The third-order valence-corrected chi connectivity index (χ3v) is 8.57. The summed E-state index contributed by atoms with van der Waals surface area (Å²) in [5.74, 6) is 0.697. The lowest BCUT2D eigenvalue weighted by Crippen LogP contribution is -2.33. The van der Waals surface area contributed by atoms with Crippen LogP contribution in [-0.4, -0.2) is 18.0 Å². The van der Waals surface area contributed by atoms with Gasteiger partial charge in [0, 0.05) is 35.9 Å². The lowest BCUT2D eigenvalue weighted by molar-refractivity contribution is 0.240. The molecular weight excluding hydrogens is 498 g/mol. The van der Waals surface area contributed by atoms with Gasteiger partial charge in [0.05, 0.1) is 0 Å². The van der Waals surface area contributed by atoms with Crippen LogP contribution in [0.3, 0.4) is 0 Å². The molecule has 1 saturated heterocycles. The molecule has 1 heterocycles. The smallest absolute Gasteiger partial charge is 0.0343 e. The van der Waals surface area contributed by atoms with Crippen molar-refractivity contribution in [3.8, 4) is 0 Å². The number of aryl methyl sites for hydroxylation is 1. The molecule has 0 unspecified atom stereocenters. The second kappa shape index (κ2) is 15.5. The Labute approximate surface area is 250 Å². The Morgan fingerprint density at radius 2 is 1.78 bits per heavy atom. The minimum absolute atomic E-state index is 0.695. The average Bonchev–Trinajstić information content (AvgIpc) is 2.96. The van der Waals surface area contributed by atoms with E-state index in [2.05, 4.69) is 87.2 Å². The van der Waals surface area contributed by atoms with Gasteiger partial charge in [0.2, 0.25) is 0 Å². The molecule has 0 atom stereocenters. The summed E-state index contributed by atoms with van der Waals surface area (Å²) in [6, 6.07) is 4.43. The molecule has 220 valence electrons. The Morgan fingerprint density at radius 3 is 2.37 bits per heavy atom. The Kier molecular flexibility index (Phi) is 12.1. The number of hydrogen-bond acceptors (Lipinski definition) is 3. The zero-order valence-corrected chi connectivity index (χ0v) is 26.4. The lowest BCUT2D eigenvalue weighted by Gasteiger charge is -2.37. The van der Waals surface area contributed by atoms with Gasteiger partial charge in [-0.1, -0.05) is 56.5 Å². The zero-order chi connectivity index (χ0) is 29.9. The maximum absolute atomic E-state index is 6.21. The maximum Gasteiger partial charge on any atom is 0.0343 e. The molecule has 3 heteroatoms. The van der Waals surface area contributed by atoms with Crippen molar-refractivity contribution in [1.29, 1.82) is 0 Å². The second-order valence-corrected chi connectivity index (χ2v) is 11.6. The van der Waals surface area contributed by atoms with Crippen molar-refractivity contribution in [3.63, 3.8) is 0 Å². The van der Waals surface area contributed by atoms with E-state index >= 15 is 0 Å². The van der Waals surface area contributed by atoms with Crippen LogP contribution in [0.25, 0.3) is 17.7 Å². The summed E-state index contributed by atoms with van der Waals surface area (Å²) < 4.78 is 0. The molecule has 2 fully saturated rings. The standard InChI is InChI=1S/C38H53N3/c1-9-16-38(41-21-14-13-15-22-41)32-19-17-31(18-20-32)24-28(6)40-29(7)25-34-26-33(23-27(5)35(34)10-2)36(11-3)30(8)37(39)12-4/h10-12,16,23-26,32,40H,2,4,6,9,13-15,17-22,39H2,1,3,5,7-8H3/b29-25+,31-24?,36-11+,37-30+,38-16-. The zero-order valence-electron chi connectivity index (χ0n) is 26.4. The Hall–Kier alpha value is -3.46. The topological polar surface area (TPSA) is 41.3 Å². The number of nitrogens with one attached hydrogen (secondary N) is 1. The fourth-order valence-corrected chi connectivity index (χ4v) is 6.44. The molecule has 1 aromatic rings. The number of rotatable bonds is 11. The molecule has 0 amide bonds. The molecule has 41 heavy (non-hydrogen) atoms. The quantitative estimate of drug-likeness (QED) is 0.269. The van der Waals surface area contributed by atoms with Crippen LogP contribution in [0.2, 0.25) is 0 Å². The highest BCUT2D eigenvalue weighted by Gasteiger charge is 2.24. The SMILES string of the molecule is C=C/C(N)=C(C)\C(=C/C)c1cc(C)c(C=C)c(/C=C(\C)NC(=C)C=C2CCC(/C(=C/CC)N3CCCCC3)CC2)c1. The largest absolute Gasteiger partial charge is 0.399 e. The molecule has 0 bridgehead atoms. The predicted octanol–water partition coefficient (Wildman–Crippen LogP) is 9.82. The van der Waals surface area contributed by atoms with Gasteiger partial charge in [-0.05, 0) is 143 Å². The van der Waals surface area contributed by atoms with Crippen LogP contribution in [0.5, 0.6) is 0 Å². The van der Waals surface area contributed by atoms with Crippen LogP contribution in [-0.2, 0) is 0 Å². The molecular formula is C38H53N3. The molecule has 3 N–H and O–H groups in total. The summed E-state index contributed by atoms with van der Waals surface area (Å²) in [6.45, 7) is 25.4. The summed E-state index contributed by atoms with van der Waals surface area (Å²) >= 11 is 0. The minimum Gasteiger partial charge on any atom is -0.399 e. The molecule has 2 aliphatic rings. The van der Waals surface area contributed by atoms with E-state index in [4.69, 9.17) is 5.73 Å². The van der Waals surface area contributed by atoms with E-state index in [0.29, 0.717) is 11.6 Å². The van der Waals surface area contributed by atoms with E-state index in [9.17, 15) is 0 Å². The van der Waals surface area contributed by atoms with Crippen molar-refractivity contribution in [2.24, 2.45) is 11.7 Å². The summed E-state index contributed by atoms with van der Waals surface area (Å²) in [5, 5.41) is 3.54. The normalized spacial score (nSPS) is 19.4. The fourth-order valence-electron chi connectivity index (χ4n) is 6.44. The van der Waals surface area contributed by atoms with Crippen molar-refractivity contribution < 1.29 is 0 Å². The van der Waals surface area contributed by atoms with Gasteiger partial charge in [-0.15, -0.1) is 0 Å². The minimum atomic E-state index is 0.695. The van der Waals surface area contributed by atoms with Crippen LogP contribution in [0, 0.1) is 12.8 Å². The van der Waals surface area contributed by atoms with Gasteiger partial charge < -0.3 is 16.0 Å². The van der Waals surface area contributed by atoms with Gasteiger partial charge in [0.15, 0.2) is 0 Å². The summed E-state index contributed by atoms with van der Waals surface area (Å²) in [6.07, 6.45) is 22.7. The van der Waals surface area contributed by atoms with Gasteiger partial charge in [0.1, 0.15) is 0 Å². The van der Waals surface area contributed by atoms with Gasteiger partial charge in [0.25, 0.3) is 0 Å². The Balaban J connectivity index is 1.73. The highest BCUT2D eigenvalue weighted by molar-refractivity contribution is 5.83. The number of benzene rings is 1. The summed E-state index contributed by atoms with van der Waals surface area (Å²) in [7, 11) is 0. The third kappa shape index (κ3) is 8.52. The number of hydrogen-bond donors (Lipinski definition) is 2. The molecule has 1 aliphatic heterocycles. The van der Waals surface area contributed by atoms with E-state index in [1.54, 1.807) is 11.8 Å². The number of nitrogens with two attached hydrogens (primary N) is 1. The summed E-state index contributed by atoms with van der Waals surface area (Å²) in [4.78, 5) is 2.68. The predicted molar refractivity (Wildman–Crippen MR) is 182 cm³/mol. The van der Waals surface area contributed by atoms with Gasteiger partial charge in [-0.25, -0.2) is 0 Å². The third-order valence-electron chi connectivity index (χ3n) is 8.57. The first-order valence-corrected chi connectivity index (χ1v) is 15.5. The number of likely N-dealkylation sites (tertiary alicyclic amines) is 1. The van der Waals surface area contributed by atoms with Crippen molar-refractivity contribution in [2.75, 3.05) is 13.1 Å².